The van der Waals surface area contributed by atoms with E-state index in [9.17, 15) is 14.4 Å². The molecule has 0 bridgehead atoms. The van der Waals surface area contributed by atoms with Crippen molar-refractivity contribution in [2.75, 3.05) is 6.61 Å². The van der Waals surface area contributed by atoms with Gasteiger partial charge in [-0.15, -0.1) is 0 Å². The molecule has 2 rings (SSSR count). The Morgan fingerprint density at radius 1 is 0.964 bits per heavy atom. The van der Waals surface area contributed by atoms with Crippen LogP contribution in [0, 0.1) is 0 Å². The molecular formula is C21H25N3O4. The second kappa shape index (κ2) is 11.5. The molecule has 0 spiro atoms. The summed E-state index contributed by atoms with van der Waals surface area (Å²) in [6, 6.07) is 10.1. The van der Waals surface area contributed by atoms with Gasteiger partial charge in [-0.1, -0.05) is 19.8 Å². The third kappa shape index (κ3) is 7.19. The van der Waals surface area contributed by atoms with Crippen molar-refractivity contribution < 1.29 is 19.1 Å². The first-order valence-electron chi connectivity index (χ1n) is 9.35. The maximum absolute atomic E-state index is 12.2. The maximum atomic E-state index is 12.2. The highest BCUT2D eigenvalue weighted by molar-refractivity contribution is 5.98. The molecule has 2 N–H and O–H groups in total. The standard InChI is InChI=1S/C21H25N3O4/c1-2-3-4-14-28-18-9-7-16(8-10-18)19(25)11-12-20(26)23-24-21(27)17-6-5-13-22-15-17/h5-10,13,15H,2-4,11-12,14H2,1H3,(H,23,26)(H,24,27). The first-order valence-corrected chi connectivity index (χ1v) is 9.35. The van der Waals surface area contributed by atoms with E-state index in [1.54, 1.807) is 42.6 Å². The average Bonchev–Trinajstić information content (AvgIpc) is 2.74. The minimum absolute atomic E-state index is 0.0264. The van der Waals surface area contributed by atoms with Crippen LogP contribution in [0.1, 0.15) is 59.7 Å². The molecule has 0 saturated heterocycles. The molecule has 148 valence electrons. The van der Waals surface area contributed by atoms with Gasteiger partial charge in [-0.25, -0.2) is 0 Å². The molecule has 0 atom stereocenters. The molecule has 0 fully saturated rings. The predicted molar refractivity (Wildman–Crippen MR) is 105 cm³/mol. The van der Waals surface area contributed by atoms with E-state index in [4.69, 9.17) is 4.74 Å². The number of nitrogens with one attached hydrogen (secondary N) is 2. The van der Waals surface area contributed by atoms with Crippen LogP contribution < -0.4 is 15.6 Å². The molecular weight excluding hydrogens is 358 g/mol. The molecule has 1 aromatic heterocycles. The van der Waals surface area contributed by atoms with Crippen LogP contribution in [0.4, 0.5) is 0 Å². The highest BCUT2D eigenvalue weighted by Crippen LogP contribution is 2.14. The van der Waals surface area contributed by atoms with Gasteiger partial charge in [0.05, 0.1) is 12.2 Å². The van der Waals surface area contributed by atoms with Gasteiger partial charge >= 0.3 is 0 Å². The average molecular weight is 383 g/mol. The number of hydrazine groups is 1. The van der Waals surface area contributed by atoms with Crippen LogP contribution in [-0.4, -0.2) is 29.2 Å². The predicted octanol–water partition coefficient (Wildman–Crippen LogP) is 3.07. The molecule has 0 aliphatic heterocycles. The quantitative estimate of drug-likeness (QED) is 0.373. The second-order valence-electron chi connectivity index (χ2n) is 6.25. The minimum atomic E-state index is -0.470. The van der Waals surface area contributed by atoms with Gasteiger partial charge in [0.15, 0.2) is 5.78 Å². The molecule has 0 saturated carbocycles. The summed E-state index contributed by atoms with van der Waals surface area (Å²) in [4.78, 5) is 39.7. The van der Waals surface area contributed by atoms with Gasteiger partial charge in [0.1, 0.15) is 5.75 Å². The summed E-state index contributed by atoms with van der Waals surface area (Å²) in [5.74, 6) is -0.335. The highest BCUT2D eigenvalue weighted by atomic mass is 16.5. The lowest BCUT2D eigenvalue weighted by atomic mass is 10.1. The molecule has 0 aliphatic rings. The number of rotatable bonds is 10. The number of pyridine rings is 1. The summed E-state index contributed by atoms with van der Waals surface area (Å²) >= 11 is 0. The summed E-state index contributed by atoms with van der Waals surface area (Å²) < 4.78 is 5.61. The van der Waals surface area contributed by atoms with E-state index in [0.717, 1.165) is 25.0 Å². The summed E-state index contributed by atoms with van der Waals surface area (Å²) in [5.41, 5.74) is 5.43. The fraction of sp³-hybridized carbons (Fsp3) is 0.333. The number of ether oxygens (including phenoxy) is 1. The van der Waals surface area contributed by atoms with E-state index in [1.807, 2.05) is 0 Å². The van der Waals surface area contributed by atoms with Crippen molar-refractivity contribution in [2.45, 2.75) is 39.0 Å². The molecule has 2 aromatic rings. The number of amides is 2. The first-order chi connectivity index (χ1) is 13.6. The van der Waals surface area contributed by atoms with Crippen LogP contribution in [0.2, 0.25) is 0 Å². The zero-order valence-corrected chi connectivity index (χ0v) is 15.9. The number of hydrogen-bond donors (Lipinski definition) is 2. The van der Waals surface area contributed by atoms with E-state index in [0.29, 0.717) is 17.7 Å². The van der Waals surface area contributed by atoms with Gasteiger partial charge < -0.3 is 4.74 Å². The molecule has 0 aliphatic carbocycles. The van der Waals surface area contributed by atoms with Crippen LogP contribution in [0.15, 0.2) is 48.8 Å². The Bertz CT molecular complexity index is 776. The van der Waals surface area contributed by atoms with Crippen molar-refractivity contribution in [1.29, 1.82) is 0 Å². The monoisotopic (exact) mass is 383 g/mol. The van der Waals surface area contributed by atoms with Crippen molar-refractivity contribution in [3.05, 3.63) is 59.9 Å². The number of hydrogen-bond acceptors (Lipinski definition) is 5. The van der Waals surface area contributed by atoms with Gasteiger partial charge in [-0.2, -0.15) is 0 Å². The van der Waals surface area contributed by atoms with Crippen LogP contribution in [0.5, 0.6) is 5.75 Å². The van der Waals surface area contributed by atoms with Gasteiger partial charge in [-0.3, -0.25) is 30.2 Å². The minimum Gasteiger partial charge on any atom is -0.494 e. The van der Waals surface area contributed by atoms with E-state index in [1.165, 1.54) is 6.20 Å². The Hall–Kier alpha value is -3.22. The van der Waals surface area contributed by atoms with Crippen LogP contribution in [-0.2, 0) is 4.79 Å². The number of carbonyl (C=O) groups excluding carboxylic acids is 3. The summed E-state index contributed by atoms with van der Waals surface area (Å²) in [5, 5.41) is 0. The number of ketones is 1. The molecule has 0 radical (unpaired) electrons. The Labute approximate surface area is 164 Å². The largest absolute Gasteiger partial charge is 0.494 e. The molecule has 0 unspecified atom stereocenters. The van der Waals surface area contributed by atoms with Crippen molar-refractivity contribution in [3.8, 4) is 5.75 Å². The number of aromatic nitrogens is 1. The van der Waals surface area contributed by atoms with E-state index < -0.39 is 11.8 Å². The van der Waals surface area contributed by atoms with Crippen molar-refractivity contribution >= 4 is 17.6 Å². The van der Waals surface area contributed by atoms with E-state index in [2.05, 4.69) is 22.8 Å². The fourth-order valence-electron chi connectivity index (χ4n) is 2.41. The Kier molecular flexibility index (Phi) is 8.65. The normalized spacial score (nSPS) is 10.2. The summed E-state index contributed by atoms with van der Waals surface area (Å²) in [7, 11) is 0. The number of Topliss-reactive ketones (excluding diaryl/α,β-unsaturated/α-hetero) is 1. The van der Waals surface area contributed by atoms with Crippen LogP contribution in [0.25, 0.3) is 0 Å². The molecule has 1 heterocycles. The molecule has 1 aromatic carbocycles. The Morgan fingerprint density at radius 3 is 2.43 bits per heavy atom. The lowest BCUT2D eigenvalue weighted by Gasteiger charge is -2.08. The second-order valence-corrected chi connectivity index (χ2v) is 6.25. The molecule has 7 nitrogen and oxygen atoms in total. The van der Waals surface area contributed by atoms with Gasteiger partial charge in [0.25, 0.3) is 5.91 Å². The van der Waals surface area contributed by atoms with E-state index in [-0.39, 0.29) is 18.6 Å². The Morgan fingerprint density at radius 2 is 1.75 bits per heavy atom. The molecule has 2 amide bonds. The maximum Gasteiger partial charge on any atom is 0.271 e. The van der Waals surface area contributed by atoms with Crippen molar-refractivity contribution in [1.82, 2.24) is 15.8 Å². The fourth-order valence-corrected chi connectivity index (χ4v) is 2.41. The van der Waals surface area contributed by atoms with Crippen molar-refractivity contribution in [3.63, 3.8) is 0 Å². The lowest BCUT2D eigenvalue weighted by Crippen LogP contribution is -2.41. The summed E-state index contributed by atoms with van der Waals surface area (Å²) in [6.45, 7) is 2.79. The van der Waals surface area contributed by atoms with Gasteiger partial charge in [0.2, 0.25) is 5.91 Å². The first kappa shape index (κ1) is 21.1. The number of benzene rings is 1. The van der Waals surface area contributed by atoms with E-state index >= 15 is 0 Å². The number of nitrogens with zero attached hydrogens (tertiary/aromatic N) is 1. The smallest absolute Gasteiger partial charge is 0.271 e. The third-order valence-electron chi connectivity index (χ3n) is 4.01. The van der Waals surface area contributed by atoms with Gasteiger partial charge in [0, 0.05) is 30.8 Å². The zero-order chi connectivity index (χ0) is 20.2. The lowest BCUT2D eigenvalue weighted by molar-refractivity contribution is -0.121. The van der Waals surface area contributed by atoms with Crippen molar-refractivity contribution in [2.24, 2.45) is 0 Å². The van der Waals surface area contributed by atoms with Crippen LogP contribution >= 0.6 is 0 Å². The topological polar surface area (TPSA) is 97.4 Å². The Balaban J connectivity index is 1.71. The number of unbranched alkanes of at least 4 members (excludes halogenated alkanes) is 2. The molecule has 7 heteroatoms. The zero-order valence-electron chi connectivity index (χ0n) is 15.9. The van der Waals surface area contributed by atoms with Gasteiger partial charge in [-0.05, 0) is 42.8 Å². The SMILES string of the molecule is CCCCCOc1ccc(C(=O)CCC(=O)NNC(=O)c2cccnc2)cc1. The molecule has 28 heavy (non-hydrogen) atoms. The highest BCUT2D eigenvalue weighted by Gasteiger charge is 2.11. The number of carbonyl (C=O) groups is 3. The van der Waals surface area contributed by atoms with Crippen LogP contribution in [0.3, 0.4) is 0 Å². The third-order valence-corrected chi connectivity index (χ3v) is 4.01. The summed E-state index contributed by atoms with van der Waals surface area (Å²) in [6.07, 6.45) is 6.23.